The van der Waals surface area contributed by atoms with Crippen LogP contribution in [-0.4, -0.2) is 16.5 Å². The molecule has 0 saturated heterocycles. The van der Waals surface area contributed by atoms with E-state index >= 15 is 0 Å². The van der Waals surface area contributed by atoms with Gasteiger partial charge in [0.15, 0.2) is 5.56 Å². The van der Waals surface area contributed by atoms with E-state index in [4.69, 9.17) is 22.4 Å². The van der Waals surface area contributed by atoms with Crippen LogP contribution in [0.4, 0.5) is 5.69 Å². The van der Waals surface area contributed by atoms with Gasteiger partial charge in [-0.25, -0.2) is 4.99 Å². The molecule has 3 N–H and O–H groups in total. The second-order valence-electron chi connectivity index (χ2n) is 2.21. The summed E-state index contributed by atoms with van der Waals surface area (Å²) < 4.78 is 0. The maximum absolute atomic E-state index is 8.79. The van der Waals surface area contributed by atoms with Crippen LogP contribution in [0.2, 0.25) is 0 Å². The molecule has 1 atom stereocenters. The van der Waals surface area contributed by atoms with E-state index in [9.17, 15) is 0 Å². The van der Waals surface area contributed by atoms with Crippen molar-refractivity contribution in [2.75, 3.05) is 0 Å². The lowest BCUT2D eigenvalue weighted by molar-refractivity contribution is 0.318. The highest BCUT2D eigenvalue weighted by Crippen LogP contribution is 2.10. The summed E-state index contributed by atoms with van der Waals surface area (Å²) in [7, 11) is 0. The van der Waals surface area contributed by atoms with E-state index in [0.717, 1.165) is 0 Å². The average Bonchev–Trinajstić information content (AvgIpc) is 2.06. The Morgan fingerprint density at radius 3 is 2.50 bits per heavy atom. The number of amidine groups is 1. The Hall–Kier alpha value is -1.06. The molecule has 1 rings (SSSR count). The third-order valence-electron chi connectivity index (χ3n) is 1.26. The smallest absolute Gasteiger partial charge is 0.185 e. The van der Waals surface area contributed by atoms with Crippen molar-refractivity contribution in [1.29, 1.82) is 0 Å². The monoisotopic (exact) mass is 184 g/mol. The Labute approximate surface area is 75.5 Å². The minimum absolute atomic E-state index is 0.00265. The maximum Gasteiger partial charge on any atom is 0.185 e. The summed E-state index contributed by atoms with van der Waals surface area (Å²) in [4.78, 5) is 3.87. The lowest BCUT2D eigenvalue weighted by Gasteiger charge is -2.00. The number of hydrogen-bond donors (Lipinski definition) is 2. The van der Waals surface area contributed by atoms with Gasteiger partial charge in [-0.1, -0.05) is 29.8 Å². The van der Waals surface area contributed by atoms with Crippen LogP contribution in [-0.2, 0) is 0 Å². The van der Waals surface area contributed by atoms with Crippen LogP contribution >= 0.6 is 11.6 Å². The molecule has 0 fully saturated rings. The molecule has 0 amide bonds. The van der Waals surface area contributed by atoms with Gasteiger partial charge < -0.3 is 10.8 Å². The van der Waals surface area contributed by atoms with E-state index in [0.29, 0.717) is 5.69 Å². The third kappa shape index (κ3) is 2.53. The molecular weight excluding hydrogens is 176 g/mol. The molecule has 1 unspecified atom stereocenters. The minimum Gasteiger partial charge on any atom is -0.384 e. The number of aliphatic imine (C=N–C) groups is 1. The first kappa shape index (κ1) is 9.03. The van der Waals surface area contributed by atoms with Gasteiger partial charge in [-0.05, 0) is 12.1 Å². The molecule has 0 radical (unpaired) electrons. The molecule has 0 spiro atoms. The molecule has 1 aromatic rings. The van der Waals surface area contributed by atoms with Gasteiger partial charge >= 0.3 is 0 Å². The topological polar surface area (TPSA) is 58.6 Å². The average molecular weight is 185 g/mol. The number of rotatable bonds is 2. The molecule has 3 nitrogen and oxygen atoms in total. The van der Waals surface area contributed by atoms with Crippen LogP contribution in [0.25, 0.3) is 0 Å². The zero-order chi connectivity index (χ0) is 8.97. The van der Waals surface area contributed by atoms with Crippen LogP contribution in [0.3, 0.4) is 0 Å². The second kappa shape index (κ2) is 4.09. The Kier molecular flexibility index (Phi) is 3.08. The molecule has 0 aliphatic heterocycles. The Bertz CT molecular complexity index is 272. The van der Waals surface area contributed by atoms with Gasteiger partial charge in [0.25, 0.3) is 0 Å². The first-order valence-corrected chi connectivity index (χ1v) is 3.85. The van der Waals surface area contributed by atoms with Crippen molar-refractivity contribution in [3.05, 3.63) is 30.3 Å². The first-order valence-electron chi connectivity index (χ1n) is 3.41. The maximum atomic E-state index is 8.79. The summed E-state index contributed by atoms with van der Waals surface area (Å²) in [5.74, 6) is 0.00265. The normalized spacial score (nSPS) is 14.3. The lowest BCUT2D eigenvalue weighted by atomic mass is 10.3. The number of nitrogens with two attached hydrogens (primary N) is 1. The van der Waals surface area contributed by atoms with Crippen LogP contribution < -0.4 is 5.73 Å². The predicted molar refractivity (Wildman–Crippen MR) is 49.6 cm³/mol. The fourth-order valence-corrected chi connectivity index (χ4v) is 0.754. The first-order chi connectivity index (χ1) is 5.70. The van der Waals surface area contributed by atoms with E-state index in [1.165, 1.54) is 0 Å². The van der Waals surface area contributed by atoms with Crippen LogP contribution in [0, 0.1) is 0 Å². The standard InChI is InChI=1S/C8H9ClN2O/c9-7(12)8(10)11-6-4-2-1-3-5-6/h1-5,7,12H,(H2,10,11). The van der Waals surface area contributed by atoms with Gasteiger partial charge in [0.2, 0.25) is 0 Å². The molecule has 1 aromatic carbocycles. The molecule has 0 heterocycles. The molecule has 64 valence electrons. The zero-order valence-corrected chi connectivity index (χ0v) is 7.07. The second-order valence-corrected chi connectivity index (χ2v) is 2.62. The van der Waals surface area contributed by atoms with E-state index in [2.05, 4.69) is 4.99 Å². The largest absolute Gasteiger partial charge is 0.384 e. The quantitative estimate of drug-likeness (QED) is 0.413. The SMILES string of the molecule is NC(=Nc1ccccc1)C(O)Cl. The van der Waals surface area contributed by atoms with Crippen molar-refractivity contribution in [2.24, 2.45) is 10.7 Å². The van der Waals surface area contributed by atoms with Crippen molar-refractivity contribution < 1.29 is 5.11 Å². The van der Waals surface area contributed by atoms with Crippen molar-refractivity contribution in [3.8, 4) is 0 Å². The molecule has 0 bridgehead atoms. The van der Waals surface area contributed by atoms with Crippen LogP contribution in [0.5, 0.6) is 0 Å². The fraction of sp³-hybridized carbons (Fsp3) is 0.125. The highest BCUT2D eigenvalue weighted by molar-refractivity contribution is 6.30. The lowest BCUT2D eigenvalue weighted by Crippen LogP contribution is -2.23. The minimum atomic E-state index is -1.22. The number of aliphatic hydroxyl groups is 1. The van der Waals surface area contributed by atoms with Gasteiger partial charge in [-0.2, -0.15) is 0 Å². The van der Waals surface area contributed by atoms with Gasteiger partial charge in [-0.3, -0.25) is 0 Å². The van der Waals surface area contributed by atoms with Crippen molar-refractivity contribution in [3.63, 3.8) is 0 Å². The summed E-state index contributed by atoms with van der Waals surface area (Å²) in [6.07, 6.45) is 0. The van der Waals surface area contributed by atoms with Crippen molar-refractivity contribution >= 4 is 23.1 Å². The van der Waals surface area contributed by atoms with Crippen molar-refractivity contribution in [1.82, 2.24) is 0 Å². The highest BCUT2D eigenvalue weighted by Gasteiger charge is 2.02. The highest BCUT2D eigenvalue weighted by atomic mass is 35.5. The van der Waals surface area contributed by atoms with Gasteiger partial charge in [0.1, 0.15) is 5.84 Å². The van der Waals surface area contributed by atoms with Crippen LogP contribution in [0.15, 0.2) is 35.3 Å². The third-order valence-corrected chi connectivity index (χ3v) is 1.48. The number of aliphatic hydroxyl groups excluding tert-OH is 1. The van der Waals surface area contributed by atoms with E-state index in [-0.39, 0.29) is 5.84 Å². The molecule has 4 heteroatoms. The Morgan fingerprint density at radius 1 is 1.42 bits per heavy atom. The molecule has 0 saturated carbocycles. The summed E-state index contributed by atoms with van der Waals surface area (Å²) in [5.41, 5.74) is 4.77. The predicted octanol–water partition coefficient (Wildman–Crippen LogP) is 1.23. The number of para-hydroxylation sites is 1. The molecule has 0 aromatic heterocycles. The Balaban J connectivity index is 2.81. The molecule has 0 aliphatic carbocycles. The van der Waals surface area contributed by atoms with E-state index in [1.807, 2.05) is 18.2 Å². The number of alkyl halides is 1. The number of nitrogens with zero attached hydrogens (tertiary/aromatic N) is 1. The van der Waals surface area contributed by atoms with Gasteiger partial charge in [0.05, 0.1) is 5.69 Å². The fourth-order valence-electron chi connectivity index (χ4n) is 0.705. The van der Waals surface area contributed by atoms with E-state index in [1.54, 1.807) is 12.1 Å². The van der Waals surface area contributed by atoms with E-state index < -0.39 is 5.56 Å². The number of benzene rings is 1. The summed E-state index contributed by atoms with van der Waals surface area (Å²) in [6.45, 7) is 0. The summed E-state index contributed by atoms with van der Waals surface area (Å²) >= 11 is 5.28. The molecule has 12 heavy (non-hydrogen) atoms. The summed E-state index contributed by atoms with van der Waals surface area (Å²) in [6, 6.07) is 9.06. The van der Waals surface area contributed by atoms with Crippen molar-refractivity contribution in [2.45, 2.75) is 5.56 Å². The van der Waals surface area contributed by atoms with Gasteiger partial charge in [-0.15, -0.1) is 0 Å². The molecular formula is C8H9ClN2O. The van der Waals surface area contributed by atoms with Gasteiger partial charge in [0, 0.05) is 0 Å². The number of hydrogen-bond acceptors (Lipinski definition) is 2. The Morgan fingerprint density at radius 2 is 2.00 bits per heavy atom. The zero-order valence-electron chi connectivity index (χ0n) is 6.31. The number of halogens is 1. The van der Waals surface area contributed by atoms with Crippen LogP contribution in [0.1, 0.15) is 0 Å². The molecule has 0 aliphatic rings. The summed E-state index contributed by atoms with van der Waals surface area (Å²) in [5, 5.41) is 8.79.